The van der Waals surface area contributed by atoms with Crippen LogP contribution in [-0.4, -0.2) is 12.5 Å². The number of nitrogens with zero attached hydrogens (tertiary/aromatic N) is 1. The third-order valence-electron chi connectivity index (χ3n) is 0.322. The van der Waals surface area contributed by atoms with Crippen LogP contribution < -0.4 is 5.48 Å². The molecule has 3 nitrogen and oxygen atoms in total. The Kier molecular flexibility index (Phi) is 3.32. The molecule has 0 N–H and O–H groups in total. The normalized spacial score (nSPS) is 8.29. The molecule has 0 spiro atoms. The van der Waals surface area contributed by atoms with Gasteiger partial charge in [-0.25, -0.2) is 4.84 Å². The average molecular weight is 102 g/mol. The van der Waals surface area contributed by atoms with Gasteiger partial charge in [-0.05, 0) is 6.92 Å². The molecule has 0 bridgehead atoms. The van der Waals surface area contributed by atoms with Gasteiger partial charge < -0.3 is 0 Å². The minimum atomic E-state index is -0.290. The molecule has 0 aliphatic heterocycles. The Balaban J connectivity index is 2.82. The van der Waals surface area contributed by atoms with Gasteiger partial charge >= 0.3 is 0 Å². The standard InChI is InChI=1S/C4H8NO2/c1-3-7-5-4(2)6/h3H2,1-2H3. The highest BCUT2D eigenvalue weighted by Crippen LogP contribution is 1.66. The minimum absolute atomic E-state index is 0.290. The second-order valence-electron chi connectivity index (χ2n) is 1.03. The molecule has 1 amide bonds. The van der Waals surface area contributed by atoms with E-state index in [9.17, 15) is 4.79 Å². The molecule has 0 rings (SSSR count). The summed E-state index contributed by atoms with van der Waals surface area (Å²) in [4.78, 5) is 14.3. The van der Waals surface area contributed by atoms with Gasteiger partial charge in [0.2, 0.25) is 0 Å². The van der Waals surface area contributed by atoms with Crippen LogP contribution in [0.4, 0.5) is 0 Å². The fourth-order valence-electron chi connectivity index (χ4n) is 0.155. The summed E-state index contributed by atoms with van der Waals surface area (Å²) in [5.74, 6) is -0.290. The minimum Gasteiger partial charge on any atom is -0.271 e. The maximum absolute atomic E-state index is 9.91. The third-order valence-corrected chi connectivity index (χ3v) is 0.322. The van der Waals surface area contributed by atoms with E-state index in [0.717, 1.165) is 0 Å². The van der Waals surface area contributed by atoms with E-state index in [1.807, 2.05) is 0 Å². The second kappa shape index (κ2) is 3.61. The first kappa shape index (κ1) is 6.43. The molecule has 0 saturated carbocycles. The van der Waals surface area contributed by atoms with Gasteiger partial charge in [-0.3, -0.25) is 4.79 Å². The van der Waals surface area contributed by atoms with E-state index in [4.69, 9.17) is 0 Å². The summed E-state index contributed by atoms with van der Waals surface area (Å²) >= 11 is 0. The summed E-state index contributed by atoms with van der Waals surface area (Å²) in [6.45, 7) is 3.57. The SMILES string of the molecule is CCO[N]C(C)=O. The molecule has 0 aromatic rings. The Morgan fingerprint density at radius 1 is 1.86 bits per heavy atom. The van der Waals surface area contributed by atoms with E-state index < -0.39 is 0 Å². The molecule has 0 aromatic carbocycles. The molecule has 1 radical (unpaired) electrons. The van der Waals surface area contributed by atoms with Crippen LogP contribution in [0.1, 0.15) is 13.8 Å². The fraction of sp³-hybridized carbons (Fsp3) is 0.750. The Bertz CT molecular complexity index is 62.7. The summed E-state index contributed by atoms with van der Waals surface area (Å²) in [7, 11) is 0. The lowest BCUT2D eigenvalue weighted by atomic mass is 10.8. The number of amides is 1. The lowest BCUT2D eigenvalue weighted by molar-refractivity contribution is -0.131. The number of carbonyl (C=O) groups excluding carboxylic acids is 1. The number of rotatable bonds is 2. The molecule has 0 aliphatic carbocycles. The van der Waals surface area contributed by atoms with Gasteiger partial charge in [0.15, 0.2) is 0 Å². The third kappa shape index (κ3) is 5.43. The molecule has 0 unspecified atom stereocenters. The van der Waals surface area contributed by atoms with Crippen molar-refractivity contribution >= 4 is 5.91 Å². The summed E-state index contributed by atoms with van der Waals surface area (Å²) < 4.78 is 0. The molecule has 0 aliphatic rings. The van der Waals surface area contributed by atoms with E-state index in [1.165, 1.54) is 6.92 Å². The molecule has 0 fully saturated rings. The Morgan fingerprint density at radius 3 is 2.57 bits per heavy atom. The maximum Gasteiger partial charge on any atom is 0.266 e. The Morgan fingerprint density at radius 2 is 2.43 bits per heavy atom. The van der Waals surface area contributed by atoms with Gasteiger partial charge in [0.1, 0.15) is 0 Å². The van der Waals surface area contributed by atoms with Gasteiger partial charge in [0.05, 0.1) is 6.61 Å². The van der Waals surface area contributed by atoms with Gasteiger partial charge in [-0.2, -0.15) is 0 Å². The molecular weight excluding hydrogens is 94.0 g/mol. The van der Waals surface area contributed by atoms with Gasteiger partial charge in [-0.15, -0.1) is 0 Å². The van der Waals surface area contributed by atoms with Crippen LogP contribution in [0.15, 0.2) is 0 Å². The van der Waals surface area contributed by atoms with Crippen molar-refractivity contribution < 1.29 is 9.63 Å². The number of hydrogen-bond donors (Lipinski definition) is 0. The lowest BCUT2D eigenvalue weighted by Gasteiger charge is -1.90. The van der Waals surface area contributed by atoms with E-state index in [-0.39, 0.29) is 5.91 Å². The number of carbonyl (C=O) groups is 1. The van der Waals surface area contributed by atoms with Crippen molar-refractivity contribution in [3.8, 4) is 0 Å². The molecule has 41 valence electrons. The van der Waals surface area contributed by atoms with Crippen LogP contribution in [0, 0.1) is 0 Å². The van der Waals surface area contributed by atoms with Crippen molar-refractivity contribution in [3.63, 3.8) is 0 Å². The molecule has 3 heteroatoms. The van der Waals surface area contributed by atoms with Crippen molar-refractivity contribution in [3.05, 3.63) is 0 Å². The largest absolute Gasteiger partial charge is 0.271 e. The first-order chi connectivity index (χ1) is 3.27. The van der Waals surface area contributed by atoms with E-state index in [0.29, 0.717) is 6.61 Å². The van der Waals surface area contributed by atoms with Crippen molar-refractivity contribution in [2.75, 3.05) is 6.61 Å². The topological polar surface area (TPSA) is 40.4 Å². The highest BCUT2D eigenvalue weighted by atomic mass is 16.6. The summed E-state index contributed by atoms with van der Waals surface area (Å²) in [5.41, 5.74) is 3.10. The zero-order chi connectivity index (χ0) is 5.70. The predicted molar refractivity (Wildman–Crippen MR) is 24.4 cm³/mol. The van der Waals surface area contributed by atoms with Crippen molar-refractivity contribution in [1.82, 2.24) is 5.48 Å². The van der Waals surface area contributed by atoms with Crippen LogP contribution in [0.5, 0.6) is 0 Å². The summed E-state index contributed by atoms with van der Waals surface area (Å²) in [5, 5.41) is 0. The average Bonchev–Trinajstić information content (AvgIpc) is 1.61. The van der Waals surface area contributed by atoms with Gasteiger partial charge in [0.25, 0.3) is 5.91 Å². The van der Waals surface area contributed by atoms with Crippen molar-refractivity contribution in [1.29, 1.82) is 0 Å². The van der Waals surface area contributed by atoms with Crippen molar-refractivity contribution in [2.24, 2.45) is 0 Å². The van der Waals surface area contributed by atoms with Crippen LogP contribution in [0.2, 0.25) is 0 Å². The van der Waals surface area contributed by atoms with Crippen LogP contribution in [0.3, 0.4) is 0 Å². The van der Waals surface area contributed by atoms with E-state index in [2.05, 4.69) is 10.3 Å². The Hall–Kier alpha value is -0.570. The molecule has 7 heavy (non-hydrogen) atoms. The lowest BCUT2D eigenvalue weighted by Crippen LogP contribution is -2.11. The number of hydroxylamine groups is 1. The van der Waals surface area contributed by atoms with Crippen LogP contribution in [-0.2, 0) is 9.63 Å². The van der Waals surface area contributed by atoms with E-state index >= 15 is 0 Å². The van der Waals surface area contributed by atoms with Gasteiger partial charge in [-0.1, -0.05) is 5.48 Å². The van der Waals surface area contributed by atoms with Crippen LogP contribution >= 0.6 is 0 Å². The molecule has 0 saturated heterocycles. The second-order valence-corrected chi connectivity index (χ2v) is 1.03. The number of hydrogen-bond acceptors (Lipinski definition) is 2. The quantitative estimate of drug-likeness (QED) is 0.463. The zero-order valence-electron chi connectivity index (χ0n) is 4.47. The van der Waals surface area contributed by atoms with Crippen LogP contribution in [0.25, 0.3) is 0 Å². The fourth-order valence-corrected chi connectivity index (χ4v) is 0.155. The van der Waals surface area contributed by atoms with Crippen molar-refractivity contribution in [2.45, 2.75) is 13.8 Å². The molecule has 0 atom stereocenters. The maximum atomic E-state index is 9.91. The highest BCUT2D eigenvalue weighted by molar-refractivity contribution is 5.71. The van der Waals surface area contributed by atoms with Gasteiger partial charge in [0, 0.05) is 6.92 Å². The first-order valence-corrected chi connectivity index (χ1v) is 2.11. The van der Waals surface area contributed by atoms with E-state index in [1.54, 1.807) is 6.92 Å². The monoisotopic (exact) mass is 102 g/mol. The predicted octanol–water partition coefficient (Wildman–Crippen LogP) is 0.0888. The molecule has 0 aromatic heterocycles. The summed E-state index contributed by atoms with van der Waals surface area (Å²) in [6, 6.07) is 0. The first-order valence-electron chi connectivity index (χ1n) is 2.11. The molecular formula is C4H8NO2. The molecule has 0 heterocycles. The Labute approximate surface area is 42.6 Å². The smallest absolute Gasteiger partial charge is 0.266 e. The zero-order valence-corrected chi connectivity index (χ0v) is 4.47. The highest BCUT2D eigenvalue weighted by Gasteiger charge is 1.87. The summed E-state index contributed by atoms with van der Waals surface area (Å²) in [6.07, 6.45) is 0.